The minimum atomic E-state index is 1.18. The summed E-state index contributed by atoms with van der Waals surface area (Å²) in [6, 6.07) is 48.2. The number of benzene rings is 6. The number of hydrogen-bond acceptors (Lipinski definition) is 0. The summed E-state index contributed by atoms with van der Waals surface area (Å²) in [6.07, 6.45) is 0. The number of hydrogen-bond donors (Lipinski definition) is 0. The van der Waals surface area contributed by atoms with E-state index in [9.17, 15) is 0 Å². The van der Waals surface area contributed by atoms with Gasteiger partial charge in [0.1, 0.15) is 0 Å². The molecule has 0 radical (unpaired) electrons. The fourth-order valence-electron chi connectivity index (χ4n) is 5.92. The van der Waals surface area contributed by atoms with Gasteiger partial charge < -0.3 is 9.13 Å². The van der Waals surface area contributed by atoms with Crippen molar-refractivity contribution in [3.63, 3.8) is 0 Å². The molecule has 2 heterocycles. The molecule has 0 N–H and O–H groups in total. The Morgan fingerprint density at radius 2 is 1.00 bits per heavy atom. The van der Waals surface area contributed by atoms with Crippen LogP contribution in [-0.2, 0) is 0 Å². The highest BCUT2D eigenvalue weighted by Crippen LogP contribution is 2.43. The summed E-state index contributed by atoms with van der Waals surface area (Å²) in [7, 11) is 0. The third kappa shape index (κ3) is 2.61. The maximum absolute atomic E-state index is 2.46. The Kier molecular flexibility index (Phi) is 3.97. The second kappa shape index (κ2) is 7.34. The number of para-hydroxylation sites is 2. The molecule has 0 fully saturated rings. The van der Waals surface area contributed by atoms with Gasteiger partial charge in [0.15, 0.2) is 0 Å². The van der Waals surface area contributed by atoms with Crippen LogP contribution in [0, 0.1) is 0 Å². The lowest BCUT2D eigenvalue weighted by Gasteiger charge is -2.11. The molecule has 0 bridgehead atoms. The summed E-state index contributed by atoms with van der Waals surface area (Å²) < 4.78 is 4.91. The van der Waals surface area contributed by atoms with Crippen LogP contribution >= 0.6 is 0 Å². The number of fused-ring (bicyclic) bond motifs is 8. The van der Waals surface area contributed by atoms with Crippen molar-refractivity contribution in [2.24, 2.45) is 0 Å². The Hall–Kier alpha value is -4.82. The molecule has 0 atom stereocenters. The first-order valence-corrected chi connectivity index (χ1v) is 12.4. The maximum Gasteiger partial charge on any atom is 0.0810 e. The van der Waals surface area contributed by atoms with Crippen LogP contribution in [0.1, 0.15) is 0 Å². The first-order chi connectivity index (χ1) is 17.9. The normalized spacial score (nSPS) is 11.9. The molecule has 2 nitrogen and oxygen atoms in total. The molecule has 168 valence electrons. The van der Waals surface area contributed by atoms with Crippen LogP contribution in [0.4, 0.5) is 0 Å². The largest absolute Gasteiger partial charge is 0.307 e. The van der Waals surface area contributed by atoms with E-state index in [0.717, 1.165) is 0 Å². The van der Waals surface area contributed by atoms with E-state index in [1.165, 1.54) is 65.8 Å². The zero-order valence-electron chi connectivity index (χ0n) is 19.6. The highest BCUT2D eigenvalue weighted by Gasteiger charge is 2.23. The molecule has 0 aliphatic rings. The van der Waals surface area contributed by atoms with E-state index in [1.807, 2.05) is 0 Å². The molecule has 0 saturated carbocycles. The zero-order chi connectivity index (χ0) is 23.6. The van der Waals surface area contributed by atoms with Gasteiger partial charge in [0, 0.05) is 22.1 Å². The third-order valence-electron chi connectivity index (χ3n) is 7.46. The first-order valence-electron chi connectivity index (χ1n) is 12.4. The van der Waals surface area contributed by atoms with Crippen molar-refractivity contribution in [2.45, 2.75) is 0 Å². The summed E-state index contributed by atoms with van der Waals surface area (Å²) in [5.74, 6) is 0. The average molecular weight is 459 g/mol. The standard InChI is InChI=1S/C34H22N2/c1-2-13-26(14-3-1)35-30-17-9-8-16-29(30)33-34(35)32-28-15-7-6-11-24(28)19-21-31(32)36(33)27-20-18-23-10-4-5-12-25(23)22-27/h1-22H. The molecule has 8 aromatic rings. The highest BCUT2D eigenvalue weighted by atomic mass is 15.1. The van der Waals surface area contributed by atoms with E-state index in [-0.39, 0.29) is 0 Å². The van der Waals surface area contributed by atoms with E-state index >= 15 is 0 Å². The minimum absolute atomic E-state index is 1.18. The Balaban J connectivity index is 1.66. The van der Waals surface area contributed by atoms with Gasteiger partial charge in [-0.15, -0.1) is 0 Å². The fraction of sp³-hybridized carbons (Fsp3) is 0. The topological polar surface area (TPSA) is 9.86 Å². The van der Waals surface area contributed by atoms with E-state index in [4.69, 9.17) is 0 Å². The van der Waals surface area contributed by atoms with E-state index < -0.39 is 0 Å². The van der Waals surface area contributed by atoms with Crippen LogP contribution in [0.15, 0.2) is 133 Å². The Morgan fingerprint density at radius 1 is 0.361 bits per heavy atom. The Morgan fingerprint density at radius 3 is 1.86 bits per heavy atom. The van der Waals surface area contributed by atoms with Crippen molar-refractivity contribution in [1.29, 1.82) is 0 Å². The molecule has 0 aliphatic heterocycles. The van der Waals surface area contributed by atoms with Crippen LogP contribution in [0.2, 0.25) is 0 Å². The Labute approximate surface area is 208 Å². The quantitative estimate of drug-likeness (QED) is 0.244. The smallest absolute Gasteiger partial charge is 0.0810 e. The lowest BCUT2D eigenvalue weighted by molar-refractivity contribution is 1.18. The van der Waals surface area contributed by atoms with Gasteiger partial charge in [0.2, 0.25) is 0 Å². The fourth-order valence-corrected chi connectivity index (χ4v) is 5.92. The van der Waals surface area contributed by atoms with Crippen LogP contribution < -0.4 is 0 Å². The molecule has 2 heteroatoms. The van der Waals surface area contributed by atoms with E-state index in [0.29, 0.717) is 0 Å². The molecule has 0 unspecified atom stereocenters. The van der Waals surface area contributed by atoms with Crippen molar-refractivity contribution in [3.8, 4) is 11.4 Å². The minimum Gasteiger partial charge on any atom is -0.307 e. The van der Waals surface area contributed by atoms with Crippen molar-refractivity contribution in [3.05, 3.63) is 133 Å². The maximum atomic E-state index is 2.46. The van der Waals surface area contributed by atoms with Crippen molar-refractivity contribution in [1.82, 2.24) is 9.13 Å². The second-order valence-electron chi connectivity index (χ2n) is 9.43. The lowest BCUT2D eigenvalue weighted by atomic mass is 10.1. The van der Waals surface area contributed by atoms with Gasteiger partial charge in [-0.05, 0) is 57.9 Å². The van der Waals surface area contributed by atoms with E-state index in [2.05, 4.69) is 143 Å². The van der Waals surface area contributed by atoms with Gasteiger partial charge in [-0.25, -0.2) is 0 Å². The van der Waals surface area contributed by atoms with Gasteiger partial charge in [-0.3, -0.25) is 0 Å². The SMILES string of the molecule is c1ccc(-n2c3ccccc3c3c2c2c4ccccc4ccc2n3-c2ccc3ccccc3c2)cc1. The monoisotopic (exact) mass is 458 g/mol. The van der Waals surface area contributed by atoms with Crippen molar-refractivity contribution < 1.29 is 0 Å². The average Bonchev–Trinajstić information content (AvgIpc) is 3.46. The van der Waals surface area contributed by atoms with Crippen molar-refractivity contribution in [2.75, 3.05) is 0 Å². The van der Waals surface area contributed by atoms with Crippen LogP contribution in [0.5, 0.6) is 0 Å². The molecular formula is C34H22N2. The summed E-state index contributed by atoms with van der Waals surface area (Å²) in [5, 5.41) is 7.58. The lowest BCUT2D eigenvalue weighted by Crippen LogP contribution is -1.94. The molecule has 0 saturated heterocycles. The number of aromatic nitrogens is 2. The first kappa shape index (κ1) is 19.5. The second-order valence-corrected chi connectivity index (χ2v) is 9.43. The van der Waals surface area contributed by atoms with Crippen molar-refractivity contribution >= 4 is 54.4 Å². The van der Waals surface area contributed by atoms with Crippen LogP contribution in [-0.4, -0.2) is 9.13 Å². The molecular weight excluding hydrogens is 436 g/mol. The summed E-state index contributed by atoms with van der Waals surface area (Å²) >= 11 is 0. The van der Waals surface area contributed by atoms with Gasteiger partial charge in [0.05, 0.1) is 22.1 Å². The molecule has 0 aliphatic carbocycles. The summed E-state index contributed by atoms with van der Waals surface area (Å²) in [4.78, 5) is 0. The van der Waals surface area contributed by atoms with Gasteiger partial charge in [-0.1, -0.05) is 97.1 Å². The number of nitrogens with zero attached hydrogens (tertiary/aromatic N) is 2. The molecule has 2 aromatic heterocycles. The predicted octanol–water partition coefficient (Wildman–Crippen LogP) is 9.03. The van der Waals surface area contributed by atoms with Crippen LogP contribution in [0.3, 0.4) is 0 Å². The summed E-state index contributed by atoms with van der Waals surface area (Å²) in [6.45, 7) is 0. The van der Waals surface area contributed by atoms with Gasteiger partial charge in [-0.2, -0.15) is 0 Å². The van der Waals surface area contributed by atoms with Gasteiger partial charge >= 0.3 is 0 Å². The Bertz CT molecular complexity index is 2090. The molecule has 0 amide bonds. The molecule has 0 spiro atoms. The highest BCUT2D eigenvalue weighted by molar-refractivity contribution is 6.26. The third-order valence-corrected chi connectivity index (χ3v) is 7.46. The summed E-state index contributed by atoms with van der Waals surface area (Å²) in [5.41, 5.74) is 7.30. The van der Waals surface area contributed by atoms with Gasteiger partial charge in [0.25, 0.3) is 0 Å². The zero-order valence-corrected chi connectivity index (χ0v) is 19.6. The number of rotatable bonds is 2. The molecule has 8 rings (SSSR count). The van der Waals surface area contributed by atoms with E-state index in [1.54, 1.807) is 0 Å². The van der Waals surface area contributed by atoms with Crippen LogP contribution in [0.25, 0.3) is 65.8 Å². The molecule has 6 aromatic carbocycles. The predicted molar refractivity (Wildman–Crippen MR) is 153 cm³/mol. The molecule has 36 heavy (non-hydrogen) atoms.